The molecule has 21 heavy (non-hydrogen) atoms. The van der Waals surface area contributed by atoms with Crippen molar-refractivity contribution in [2.45, 2.75) is 25.6 Å². The van der Waals surface area contributed by atoms with E-state index >= 15 is 0 Å². The van der Waals surface area contributed by atoms with Crippen molar-refractivity contribution in [3.63, 3.8) is 0 Å². The Bertz CT molecular complexity index is 581. The van der Waals surface area contributed by atoms with Crippen LogP contribution in [0.15, 0.2) is 48.5 Å². The number of carbonyl (C=O) groups excluding carboxylic acids is 1. The molecule has 0 bridgehead atoms. The fraction of sp³-hybridized carbons (Fsp3) is 0.278. The van der Waals surface area contributed by atoms with Gasteiger partial charge in [-0.15, -0.1) is 0 Å². The van der Waals surface area contributed by atoms with Gasteiger partial charge in [-0.3, -0.25) is 4.79 Å². The van der Waals surface area contributed by atoms with Crippen molar-refractivity contribution >= 4 is 6.29 Å². The first-order valence-corrected chi connectivity index (χ1v) is 7.29. The lowest BCUT2D eigenvalue weighted by molar-refractivity contribution is -0.105. The van der Waals surface area contributed by atoms with Gasteiger partial charge in [-0.05, 0) is 36.1 Å². The maximum atomic E-state index is 10.7. The van der Waals surface area contributed by atoms with E-state index in [1.165, 1.54) is 0 Å². The lowest BCUT2D eigenvalue weighted by Gasteiger charge is -2.23. The summed E-state index contributed by atoms with van der Waals surface area (Å²) in [4.78, 5) is 10.7. The molecule has 1 saturated heterocycles. The summed E-state index contributed by atoms with van der Waals surface area (Å²) < 4.78 is 11.4. The molecule has 2 aromatic carbocycles. The van der Waals surface area contributed by atoms with Crippen LogP contribution in [0.4, 0.5) is 0 Å². The average molecular weight is 282 g/mol. The van der Waals surface area contributed by atoms with E-state index in [1.807, 2.05) is 48.5 Å². The molecule has 3 heteroatoms. The Morgan fingerprint density at radius 1 is 0.952 bits per heavy atom. The van der Waals surface area contributed by atoms with Crippen molar-refractivity contribution in [2.75, 3.05) is 6.61 Å². The van der Waals surface area contributed by atoms with Crippen molar-refractivity contribution in [1.29, 1.82) is 0 Å². The highest BCUT2D eigenvalue weighted by molar-refractivity contribution is 5.76. The summed E-state index contributed by atoms with van der Waals surface area (Å²) in [5.41, 5.74) is 2.87. The maximum Gasteiger partial charge on any atom is 0.199 e. The zero-order valence-electron chi connectivity index (χ0n) is 11.8. The molecule has 0 aliphatic carbocycles. The van der Waals surface area contributed by atoms with Crippen molar-refractivity contribution in [3.8, 4) is 16.9 Å². The van der Waals surface area contributed by atoms with Crippen LogP contribution in [0.25, 0.3) is 11.1 Å². The molecule has 1 aliphatic rings. The Balaban J connectivity index is 1.69. The molecule has 108 valence electrons. The van der Waals surface area contributed by atoms with Gasteiger partial charge < -0.3 is 9.47 Å². The first-order chi connectivity index (χ1) is 10.3. The van der Waals surface area contributed by atoms with Crippen molar-refractivity contribution in [1.82, 2.24) is 0 Å². The smallest absolute Gasteiger partial charge is 0.199 e. The first kappa shape index (κ1) is 13.8. The van der Waals surface area contributed by atoms with E-state index in [9.17, 15) is 4.79 Å². The summed E-state index contributed by atoms with van der Waals surface area (Å²) in [5, 5.41) is 0. The zero-order valence-corrected chi connectivity index (χ0v) is 11.8. The largest absolute Gasteiger partial charge is 0.465 e. The van der Waals surface area contributed by atoms with Gasteiger partial charge in [-0.25, -0.2) is 0 Å². The van der Waals surface area contributed by atoms with Gasteiger partial charge in [0.15, 0.2) is 6.29 Å². The van der Waals surface area contributed by atoms with E-state index < -0.39 is 0 Å². The quantitative estimate of drug-likeness (QED) is 0.793. The number of ether oxygens (including phenoxy) is 2. The third-order valence-corrected chi connectivity index (χ3v) is 3.64. The van der Waals surface area contributed by atoms with Gasteiger partial charge >= 0.3 is 0 Å². The number of aldehydes is 1. The van der Waals surface area contributed by atoms with E-state index in [0.29, 0.717) is 5.56 Å². The molecule has 3 rings (SSSR count). The van der Waals surface area contributed by atoms with E-state index in [4.69, 9.17) is 9.47 Å². The monoisotopic (exact) mass is 282 g/mol. The molecule has 0 aromatic heterocycles. The van der Waals surface area contributed by atoms with E-state index in [-0.39, 0.29) is 6.29 Å². The molecule has 3 nitrogen and oxygen atoms in total. The lowest BCUT2D eigenvalue weighted by Crippen LogP contribution is -2.24. The minimum absolute atomic E-state index is 0.114. The Kier molecular flexibility index (Phi) is 4.31. The highest BCUT2D eigenvalue weighted by atomic mass is 16.7. The normalized spacial score (nSPS) is 18.2. The lowest BCUT2D eigenvalue weighted by atomic mass is 10.0. The number of hydrogen-bond donors (Lipinski definition) is 0. The summed E-state index contributed by atoms with van der Waals surface area (Å²) in [6.45, 7) is 0.784. The molecule has 0 N–H and O–H groups in total. The van der Waals surface area contributed by atoms with Gasteiger partial charge in [0.1, 0.15) is 12.0 Å². The van der Waals surface area contributed by atoms with Crippen LogP contribution in [0.5, 0.6) is 5.75 Å². The highest BCUT2D eigenvalue weighted by Crippen LogP contribution is 2.24. The fourth-order valence-electron chi connectivity index (χ4n) is 2.44. The third-order valence-electron chi connectivity index (χ3n) is 3.64. The summed E-state index contributed by atoms with van der Waals surface area (Å²) in [6, 6.07) is 15.5. The van der Waals surface area contributed by atoms with E-state index in [1.54, 1.807) is 0 Å². The van der Waals surface area contributed by atoms with Crippen LogP contribution in [-0.4, -0.2) is 19.2 Å². The molecular weight excluding hydrogens is 264 g/mol. The second-order valence-electron chi connectivity index (χ2n) is 5.18. The van der Waals surface area contributed by atoms with Gasteiger partial charge in [0.25, 0.3) is 0 Å². The van der Waals surface area contributed by atoms with Gasteiger partial charge in [0.2, 0.25) is 0 Å². The van der Waals surface area contributed by atoms with E-state index in [2.05, 4.69) is 0 Å². The highest BCUT2D eigenvalue weighted by Gasteiger charge is 2.14. The van der Waals surface area contributed by atoms with Crippen LogP contribution in [-0.2, 0) is 4.74 Å². The Labute approximate surface area is 124 Å². The van der Waals surface area contributed by atoms with Crippen LogP contribution in [0.3, 0.4) is 0 Å². The molecule has 1 heterocycles. The van der Waals surface area contributed by atoms with Gasteiger partial charge in [-0.2, -0.15) is 0 Å². The summed E-state index contributed by atoms with van der Waals surface area (Å²) in [7, 11) is 0. The van der Waals surface area contributed by atoms with Crippen molar-refractivity contribution < 1.29 is 14.3 Å². The van der Waals surface area contributed by atoms with Crippen LogP contribution < -0.4 is 4.74 Å². The standard InChI is InChI=1S/C18H18O3/c19-13-14-4-6-15(7-5-14)16-8-10-17(11-9-16)21-18-3-1-2-12-20-18/h4-11,13,18H,1-3,12H2. The van der Waals surface area contributed by atoms with Crippen molar-refractivity contribution in [2.24, 2.45) is 0 Å². The molecule has 2 aromatic rings. The minimum Gasteiger partial charge on any atom is -0.465 e. The molecule has 0 amide bonds. The van der Waals surface area contributed by atoms with Crippen molar-refractivity contribution in [3.05, 3.63) is 54.1 Å². The number of benzene rings is 2. The van der Waals surface area contributed by atoms with Gasteiger partial charge in [0.05, 0.1) is 6.61 Å². The summed E-state index contributed by atoms with van der Waals surface area (Å²) in [6.07, 6.45) is 3.97. The number of carbonyl (C=O) groups is 1. The second kappa shape index (κ2) is 6.55. The Hall–Kier alpha value is -2.13. The predicted molar refractivity (Wildman–Crippen MR) is 81.5 cm³/mol. The van der Waals surface area contributed by atoms with Crippen LogP contribution >= 0.6 is 0 Å². The van der Waals surface area contributed by atoms with Gasteiger partial charge in [0, 0.05) is 12.0 Å². The Morgan fingerprint density at radius 3 is 2.19 bits per heavy atom. The van der Waals surface area contributed by atoms with Gasteiger partial charge in [-0.1, -0.05) is 36.4 Å². The zero-order chi connectivity index (χ0) is 14.5. The Morgan fingerprint density at radius 2 is 1.62 bits per heavy atom. The molecule has 0 spiro atoms. The molecule has 1 fully saturated rings. The molecule has 1 unspecified atom stereocenters. The molecule has 1 atom stereocenters. The van der Waals surface area contributed by atoms with E-state index in [0.717, 1.165) is 49.0 Å². The minimum atomic E-state index is -0.114. The van der Waals surface area contributed by atoms with Crippen LogP contribution in [0.1, 0.15) is 29.6 Å². The fourth-order valence-corrected chi connectivity index (χ4v) is 2.44. The number of rotatable bonds is 4. The molecule has 0 radical (unpaired) electrons. The predicted octanol–water partition coefficient (Wildman–Crippen LogP) is 4.07. The van der Waals surface area contributed by atoms with Crippen LogP contribution in [0, 0.1) is 0 Å². The third kappa shape index (κ3) is 3.50. The topological polar surface area (TPSA) is 35.5 Å². The molecular formula is C18H18O3. The molecule has 0 saturated carbocycles. The second-order valence-corrected chi connectivity index (χ2v) is 5.18. The number of hydrogen-bond acceptors (Lipinski definition) is 3. The van der Waals surface area contributed by atoms with Crippen LogP contribution in [0.2, 0.25) is 0 Å². The molecule has 1 aliphatic heterocycles. The average Bonchev–Trinajstić information content (AvgIpc) is 2.57. The maximum absolute atomic E-state index is 10.7. The SMILES string of the molecule is O=Cc1ccc(-c2ccc(OC3CCCCO3)cc2)cc1. The summed E-state index contributed by atoms with van der Waals surface area (Å²) >= 11 is 0. The first-order valence-electron chi connectivity index (χ1n) is 7.29. The summed E-state index contributed by atoms with van der Waals surface area (Å²) in [5.74, 6) is 0.829.